The van der Waals surface area contributed by atoms with Crippen molar-refractivity contribution >= 4 is 29.8 Å². The van der Waals surface area contributed by atoms with Gasteiger partial charge in [0.15, 0.2) is 0 Å². The van der Waals surface area contributed by atoms with E-state index in [2.05, 4.69) is 38.1 Å². The first-order valence-corrected chi connectivity index (χ1v) is 6.22. The van der Waals surface area contributed by atoms with Gasteiger partial charge in [-0.3, -0.25) is 0 Å². The fourth-order valence-electron chi connectivity index (χ4n) is 0.807. The van der Waals surface area contributed by atoms with E-state index >= 15 is 0 Å². The van der Waals surface area contributed by atoms with Crippen molar-refractivity contribution in [2.75, 3.05) is 0 Å². The number of rotatable bonds is 0. The Bertz CT molecular complexity index is 184. The molecular formula is C8H11Cl2P. The predicted molar refractivity (Wildman–Crippen MR) is 55.9 cm³/mol. The summed E-state index contributed by atoms with van der Waals surface area (Å²) in [6.45, 7) is 4.21. The molecule has 3 heteroatoms. The highest BCUT2D eigenvalue weighted by atomic mass is 35.9. The van der Waals surface area contributed by atoms with Crippen LogP contribution in [0, 0.1) is 13.8 Å². The lowest BCUT2D eigenvalue weighted by molar-refractivity contribution is 1.39. The molecule has 0 bridgehead atoms. The summed E-state index contributed by atoms with van der Waals surface area (Å²) in [7, 11) is 0.0278. The molecule has 0 radical (unpaired) electrons. The summed E-state index contributed by atoms with van der Waals surface area (Å²) < 4.78 is 0. The topological polar surface area (TPSA) is 0 Å². The van der Waals surface area contributed by atoms with Crippen LogP contribution in [0.5, 0.6) is 0 Å². The van der Waals surface area contributed by atoms with E-state index in [1.54, 1.807) is 0 Å². The molecule has 62 valence electrons. The summed E-state index contributed by atoms with van der Waals surface area (Å²) in [6.07, 6.45) is 0. The van der Waals surface area contributed by atoms with E-state index in [4.69, 9.17) is 22.5 Å². The second-order valence-corrected chi connectivity index (χ2v) is 4.09. The van der Waals surface area contributed by atoms with E-state index in [1.165, 1.54) is 11.1 Å². The van der Waals surface area contributed by atoms with Crippen LogP contribution in [0.25, 0.3) is 0 Å². The second-order valence-electron chi connectivity index (χ2n) is 2.23. The monoisotopic (exact) mass is 208 g/mol. The van der Waals surface area contributed by atoms with Crippen LogP contribution in [-0.4, -0.2) is 0 Å². The first kappa shape index (κ1) is 11.2. The molecule has 0 aromatic heterocycles. The molecule has 0 aliphatic rings. The van der Waals surface area contributed by atoms with Crippen LogP contribution < -0.4 is 0 Å². The van der Waals surface area contributed by atoms with Gasteiger partial charge in [0.1, 0.15) is 0 Å². The van der Waals surface area contributed by atoms with Crippen LogP contribution in [0.1, 0.15) is 11.1 Å². The Kier molecular flexibility index (Phi) is 7.06. The molecule has 11 heavy (non-hydrogen) atoms. The molecule has 0 spiro atoms. The molecule has 1 aromatic rings. The summed E-state index contributed by atoms with van der Waals surface area (Å²) in [6, 6.07) is 8.45. The smallest absolute Gasteiger partial charge is 0.0713 e. The number of aryl methyl sites for hydroxylation is 2. The van der Waals surface area contributed by atoms with Crippen molar-refractivity contribution < 1.29 is 0 Å². The summed E-state index contributed by atoms with van der Waals surface area (Å²) >= 11 is 9.58. The summed E-state index contributed by atoms with van der Waals surface area (Å²) in [5.41, 5.74) is 2.68. The maximum absolute atomic E-state index is 4.79. The SMILES string of the molecule is Cc1cccc(C)c1.ClPCl. The Morgan fingerprint density at radius 3 is 1.64 bits per heavy atom. The number of hydrogen-bond donors (Lipinski definition) is 0. The highest BCUT2D eigenvalue weighted by molar-refractivity contribution is 7.90. The normalized spacial score (nSPS) is 8.36. The highest BCUT2D eigenvalue weighted by Crippen LogP contribution is 2.19. The molecule has 0 atom stereocenters. The average molecular weight is 209 g/mol. The van der Waals surface area contributed by atoms with Gasteiger partial charge < -0.3 is 0 Å². The molecule has 0 unspecified atom stereocenters. The Hall–Kier alpha value is 0.230. The van der Waals surface area contributed by atoms with Crippen molar-refractivity contribution in [3.8, 4) is 0 Å². The predicted octanol–water partition coefficient (Wildman–Crippen LogP) is 4.28. The fraction of sp³-hybridized carbons (Fsp3) is 0.250. The lowest BCUT2D eigenvalue weighted by atomic mass is 10.2. The van der Waals surface area contributed by atoms with Crippen molar-refractivity contribution in [3.63, 3.8) is 0 Å². The van der Waals surface area contributed by atoms with Crippen molar-refractivity contribution in [3.05, 3.63) is 35.4 Å². The molecular weight excluding hydrogens is 198 g/mol. The summed E-state index contributed by atoms with van der Waals surface area (Å²) in [4.78, 5) is 0. The minimum Gasteiger partial charge on any atom is -0.0818 e. The molecule has 0 saturated carbocycles. The van der Waals surface area contributed by atoms with Gasteiger partial charge in [-0.25, -0.2) is 0 Å². The fourth-order valence-corrected chi connectivity index (χ4v) is 0.807. The minimum atomic E-state index is 0.0278. The molecule has 1 aromatic carbocycles. The van der Waals surface area contributed by atoms with Crippen LogP contribution >= 0.6 is 29.8 Å². The van der Waals surface area contributed by atoms with Gasteiger partial charge in [0.25, 0.3) is 0 Å². The van der Waals surface area contributed by atoms with Crippen molar-refractivity contribution in [1.82, 2.24) is 0 Å². The minimum absolute atomic E-state index is 0.0278. The molecule has 1 rings (SSSR count). The first-order chi connectivity index (χ1) is 5.20. The third kappa shape index (κ3) is 6.62. The summed E-state index contributed by atoms with van der Waals surface area (Å²) in [5, 5.41) is 0. The van der Waals surface area contributed by atoms with E-state index in [1.807, 2.05) is 0 Å². The molecule has 0 saturated heterocycles. The van der Waals surface area contributed by atoms with Crippen molar-refractivity contribution in [1.29, 1.82) is 0 Å². The van der Waals surface area contributed by atoms with E-state index in [0.29, 0.717) is 0 Å². The third-order valence-electron chi connectivity index (χ3n) is 1.17. The van der Waals surface area contributed by atoms with Crippen LogP contribution in [-0.2, 0) is 0 Å². The lowest BCUT2D eigenvalue weighted by Gasteiger charge is -1.90. The van der Waals surface area contributed by atoms with E-state index < -0.39 is 0 Å². The molecule has 0 amide bonds. The number of hydrogen-bond acceptors (Lipinski definition) is 0. The van der Waals surface area contributed by atoms with Crippen LogP contribution in [0.3, 0.4) is 0 Å². The Labute approximate surface area is 79.3 Å². The van der Waals surface area contributed by atoms with Gasteiger partial charge in [-0.1, -0.05) is 57.9 Å². The molecule has 0 aliphatic carbocycles. The molecule has 0 N–H and O–H groups in total. The third-order valence-corrected chi connectivity index (χ3v) is 1.17. The van der Waals surface area contributed by atoms with E-state index in [9.17, 15) is 0 Å². The molecule has 0 aliphatic heterocycles. The number of halogens is 2. The zero-order valence-electron chi connectivity index (χ0n) is 6.57. The van der Waals surface area contributed by atoms with Crippen LogP contribution in [0.15, 0.2) is 24.3 Å². The number of benzene rings is 1. The van der Waals surface area contributed by atoms with E-state index in [0.717, 1.165) is 0 Å². The van der Waals surface area contributed by atoms with Gasteiger partial charge >= 0.3 is 0 Å². The summed E-state index contributed by atoms with van der Waals surface area (Å²) in [5.74, 6) is 0. The van der Waals surface area contributed by atoms with Crippen LogP contribution in [0.2, 0.25) is 0 Å². The zero-order chi connectivity index (χ0) is 8.69. The Morgan fingerprint density at radius 1 is 1.09 bits per heavy atom. The highest BCUT2D eigenvalue weighted by Gasteiger charge is 1.80. The Balaban J connectivity index is 0.000000292. The molecule has 0 nitrogen and oxygen atoms in total. The van der Waals surface area contributed by atoms with Gasteiger partial charge in [-0.15, -0.1) is 0 Å². The maximum atomic E-state index is 4.79. The van der Waals surface area contributed by atoms with Crippen LogP contribution in [0.4, 0.5) is 0 Å². The lowest BCUT2D eigenvalue weighted by Crippen LogP contribution is -1.71. The van der Waals surface area contributed by atoms with Gasteiger partial charge in [0, 0.05) is 0 Å². The van der Waals surface area contributed by atoms with Crippen molar-refractivity contribution in [2.24, 2.45) is 0 Å². The first-order valence-electron chi connectivity index (χ1n) is 3.20. The molecule has 0 fully saturated rings. The maximum Gasteiger partial charge on any atom is 0.0713 e. The van der Waals surface area contributed by atoms with Gasteiger partial charge in [-0.05, 0) is 13.8 Å². The zero-order valence-corrected chi connectivity index (χ0v) is 9.08. The van der Waals surface area contributed by atoms with Crippen molar-refractivity contribution in [2.45, 2.75) is 13.8 Å². The van der Waals surface area contributed by atoms with Gasteiger partial charge in [0.2, 0.25) is 0 Å². The van der Waals surface area contributed by atoms with Gasteiger partial charge in [0.05, 0.1) is 7.29 Å². The second kappa shape index (κ2) is 6.91. The quantitative estimate of drug-likeness (QED) is 0.559. The largest absolute Gasteiger partial charge is 0.0818 e. The standard InChI is InChI=1S/C8H10.Cl2HP/c1-7-4-3-5-8(2)6-7;1-3-2/h3-6H,1-2H3;3H. The van der Waals surface area contributed by atoms with Gasteiger partial charge in [-0.2, -0.15) is 0 Å². The Morgan fingerprint density at radius 2 is 1.45 bits per heavy atom. The average Bonchev–Trinajstić information content (AvgIpc) is 1.88. The molecule has 0 heterocycles. The van der Waals surface area contributed by atoms with E-state index in [-0.39, 0.29) is 7.29 Å².